The molecule has 0 radical (unpaired) electrons. The van der Waals surface area contributed by atoms with Gasteiger partial charge in [-0.2, -0.15) is 0 Å². The standard InChI is InChI=1S/C17H23NO2/c1-11-8-7-9-13(17(5,6)12(2)19)14(11)15-18-16(3,4)10-20-15/h7-9H,10H2,1-6H3. The fourth-order valence-corrected chi connectivity index (χ4v) is 2.37. The molecule has 0 saturated heterocycles. The molecule has 1 aliphatic heterocycles. The lowest BCUT2D eigenvalue weighted by Crippen LogP contribution is -2.29. The maximum absolute atomic E-state index is 12.0. The van der Waals surface area contributed by atoms with E-state index in [4.69, 9.17) is 4.74 Å². The van der Waals surface area contributed by atoms with Crippen LogP contribution in [0.1, 0.15) is 51.3 Å². The minimum absolute atomic E-state index is 0.141. The number of hydrogen-bond donors (Lipinski definition) is 0. The van der Waals surface area contributed by atoms with Crippen LogP contribution < -0.4 is 0 Å². The summed E-state index contributed by atoms with van der Waals surface area (Å²) in [5, 5.41) is 0. The molecule has 0 spiro atoms. The Hall–Kier alpha value is -1.64. The van der Waals surface area contributed by atoms with E-state index in [2.05, 4.69) is 4.99 Å². The van der Waals surface area contributed by atoms with Crippen LogP contribution in [0, 0.1) is 6.92 Å². The van der Waals surface area contributed by atoms with Crippen LogP contribution in [0.15, 0.2) is 23.2 Å². The minimum Gasteiger partial charge on any atom is -0.475 e. The van der Waals surface area contributed by atoms with Crippen molar-refractivity contribution in [2.75, 3.05) is 6.61 Å². The number of hydrogen-bond acceptors (Lipinski definition) is 3. The van der Waals surface area contributed by atoms with Crippen molar-refractivity contribution in [2.24, 2.45) is 4.99 Å². The first kappa shape index (κ1) is 14.8. The molecular weight excluding hydrogens is 250 g/mol. The Morgan fingerprint density at radius 1 is 1.35 bits per heavy atom. The Kier molecular flexibility index (Phi) is 3.49. The van der Waals surface area contributed by atoms with E-state index in [1.807, 2.05) is 52.8 Å². The zero-order chi connectivity index (χ0) is 15.1. The van der Waals surface area contributed by atoms with E-state index < -0.39 is 5.41 Å². The molecule has 0 fully saturated rings. The second-order valence-corrected chi connectivity index (χ2v) is 6.70. The Labute approximate surface area is 121 Å². The summed E-state index contributed by atoms with van der Waals surface area (Å²) < 4.78 is 5.79. The molecule has 20 heavy (non-hydrogen) atoms. The third kappa shape index (κ3) is 2.49. The molecule has 0 bridgehead atoms. The fourth-order valence-electron chi connectivity index (χ4n) is 2.37. The molecule has 0 saturated carbocycles. The van der Waals surface area contributed by atoms with Crippen LogP contribution in [0.2, 0.25) is 0 Å². The van der Waals surface area contributed by atoms with Crippen LogP contribution in [0.3, 0.4) is 0 Å². The fraction of sp³-hybridized carbons (Fsp3) is 0.529. The van der Waals surface area contributed by atoms with Crippen LogP contribution in [-0.2, 0) is 14.9 Å². The van der Waals surface area contributed by atoms with Gasteiger partial charge in [-0.05, 0) is 52.7 Å². The van der Waals surface area contributed by atoms with E-state index in [1.165, 1.54) is 0 Å². The summed E-state index contributed by atoms with van der Waals surface area (Å²) in [6.45, 7) is 12.3. The number of rotatable bonds is 3. The lowest BCUT2D eigenvalue weighted by Gasteiger charge is -2.25. The average Bonchev–Trinajstić information content (AvgIpc) is 2.68. The van der Waals surface area contributed by atoms with Gasteiger partial charge in [0.1, 0.15) is 12.4 Å². The number of aliphatic imine (C=N–C) groups is 1. The molecule has 0 unspecified atom stereocenters. The summed E-state index contributed by atoms with van der Waals surface area (Å²) in [6.07, 6.45) is 0. The van der Waals surface area contributed by atoms with Crippen molar-refractivity contribution in [3.8, 4) is 0 Å². The molecule has 1 heterocycles. The first-order valence-corrected chi connectivity index (χ1v) is 6.99. The van der Waals surface area contributed by atoms with E-state index in [1.54, 1.807) is 6.92 Å². The number of ether oxygens (including phenoxy) is 1. The van der Waals surface area contributed by atoms with Gasteiger partial charge in [-0.15, -0.1) is 0 Å². The van der Waals surface area contributed by atoms with Crippen molar-refractivity contribution >= 4 is 11.7 Å². The minimum atomic E-state index is -0.542. The zero-order valence-electron chi connectivity index (χ0n) is 13.2. The van der Waals surface area contributed by atoms with Crippen LogP contribution in [0.5, 0.6) is 0 Å². The van der Waals surface area contributed by atoms with Gasteiger partial charge in [0.2, 0.25) is 5.90 Å². The summed E-state index contributed by atoms with van der Waals surface area (Å²) in [7, 11) is 0. The van der Waals surface area contributed by atoms with Crippen molar-refractivity contribution in [1.82, 2.24) is 0 Å². The molecule has 1 aromatic carbocycles. The van der Waals surface area contributed by atoms with Gasteiger partial charge in [-0.1, -0.05) is 18.2 Å². The number of carbonyl (C=O) groups is 1. The number of nitrogens with zero attached hydrogens (tertiary/aromatic N) is 1. The molecule has 1 aromatic rings. The highest BCUT2D eigenvalue weighted by molar-refractivity contribution is 6.01. The molecule has 3 nitrogen and oxygen atoms in total. The Morgan fingerprint density at radius 2 is 2.00 bits per heavy atom. The maximum atomic E-state index is 12.0. The summed E-state index contributed by atoms with van der Waals surface area (Å²) in [4.78, 5) is 16.7. The quantitative estimate of drug-likeness (QED) is 0.846. The molecular formula is C17H23NO2. The summed E-state index contributed by atoms with van der Waals surface area (Å²) >= 11 is 0. The SMILES string of the molecule is CC(=O)C(C)(C)c1cccc(C)c1C1=NC(C)(C)CO1. The molecule has 2 rings (SSSR count). The lowest BCUT2D eigenvalue weighted by atomic mass is 9.77. The molecule has 0 atom stereocenters. The van der Waals surface area contributed by atoms with Crippen molar-refractivity contribution in [3.63, 3.8) is 0 Å². The molecule has 1 aliphatic rings. The number of aryl methyl sites for hydroxylation is 1. The van der Waals surface area contributed by atoms with Gasteiger partial charge in [-0.25, -0.2) is 4.99 Å². The van der Waals surface area contributed by atoms with Gasteiger partial charge < -0.3 is 4.74 Å². The van der Waals surface area contributed by atoms with Crippen LogP contribution >= 0.6 is 0 Å². The molecule has 3 heteroatoms. The zero-order valence-corrected chi connectivity index (χ0v) is 13.2. The second kappa shape index (κ2) is 4.72. The third-order valence-electron chi connectivity index (χ3n) is 4.01. The monoisotopic (exact) mass is 273 g/mol. The Balaban J connectivity index is 2.63. The van der Waals surface area contributed by atoms with Gasteiger partial charge in [0.05, 0.1) is 5.54 Å². The van der Waals surface area contributed by atoms with Crippen LogP contribution in [0.25, 0.3) is 0 Å². The highest BCUT2D eigenvalue weighted by Crippen LogP contribution is 2.32. The molecule has 0 amide bonds. The highest BCUT2D eigenvalue weighted by atomic mass is 16.5. The third-order valence-corrected chi connectivity index (χ3v) is 4.01. The first-order valence-electron chi connectivity index (χ1n) is 6.99. The van der Waals surface area contributed by atoms with E-state index in [0.29, 0.717) is 12.5 Å². The van der Waals surface area contributed by atoms with Gasteiger partial charge in [0.15, 0.2) is 0 Å². The smallest absolute Gasteiger partial charge is 0.217 e. The number of carbonyl (C=O) groups excluding carboxylic acids is 1. The van der Waals surface area contributed by atoms with Crippen LogP contribution in [0.4, 0.5) is 0 Å². The highest BCUT2D eigenvalue weighted by Gasteiger charge is 2.34. The lowest BCUT2D eigenvalue weighted by molar-refractivity contribution is -0.121. The van der Waals surface area contributed by atoms with E-state index in [9.17, 15) is 4.79 Å². The summed E-state index contributed by atoms with van der Waals surface area (Å²) in [6, 6.07) is 6.02. The van der Waals surface area contributed by atoms with Gasteiger partial charge in [-0.3, -0.25) is 4.79 Å². The number of Topliss-reactive ketones (excluding diaryl/α,β-unsaturated/α-hetero) is 1. The summed E-state index contributed by atoms with van der Waals surface area (Å²) in [5.41, 5.74) is 2.31. The first-order chi connectivity index (χ1) is 9.15. The van der Waals surface area contributed by atoms with Gasteiger partial charge in [0, 0.05) is 11.0 Å². The molecule has 0 aliphatic carbocycles. The van der Waals surface area contributed by atoms with Crippen molar-refractivity contribution in [1.29, 1.82) is 0 Å². The van der Waals surface area contributed by atoms with Gasteiger partial charge >= 0.3 is 0 Å². The molecule has 108 valence electrons. The van der Waals surface area contributed by atoms with Crippen LogP contribution in [-0.4, -0.2) is 23.8 Å². The predicted molar refractivity (Wildman–Crippen MR) is 81.5 cm³/mol. The Bertz CT molecular complexity index is 583. The summed E-state index contributed by atoms with van der Waals surface area (Å²) in [5.74, 6) is 0.805. The Morgan fingerprint density at radius 3 is 2.50 bits per heavy atom. The van der Waals surface area contributed by atoms with Crippen molar-refractivity contribution in [3.05, 3.63) is 34.9 Å². The molecule has 0 aromatic heterocycles. The largest absolute Gasteiger partial charge is 0.475 e. The number of benzene rings is 1. The van der Waals surface area contributed by atoms with Crippen molar-refractivity contribution < 1.29 is 9.53 Å². The normalized spacial score (nSPS) is 17.6. The van der Waals surface area contributed by atoms with Gasteiger partial charge in [0.25, 0.3) is 0 Å². The van der Waals surface area contributed by atoms with E-state index in [0.717, 1.165) is 16.7 Å². The average molecular weight is 273 g/mol. The molecule has 0 N–H and O–H groups in total. The van der Waals surface area contributed by atoms with E-state index in [-0.39, 0.29) is 11.3 Å². The number of ketones is 1. The second-order valence-electron chi connectivity index (χ2n) is 6.70. The van der Waals surface area contributed by atoms with E-state index >= 15 is 0 Å². The maximum Gasteiger partial charge on any atom is 0.217 e. The predicted octanol–water partition coefficient (Wildman–Crippen LogP) is 3.42. The topological polar surface area (TPSA) is 38.7 Å². The van der Waals surface area contributed by atoms with Crippen molar-refractivity contribution in [2.45, 2.75) is 52.5 Å².